The molecule has 1 atom stereocenters. The highest BCUT2D eigenvalue weighted by atomic mass is 16.2. The molecule has 126 valence electrons. The van der Waals surface area contributed by atoms with Crippen molar-refractivity contribution in [1.29, 1.82) is 0 Å². The lowest BCUT2D eigenvalue weighted by molar-refractivity contribution is 0.0822. The largest absolute Gasteiger partial charge is 0.371 e. The molecule has 1 fully saturated rings. The Morgan fingerprint density at radius 2 is 2.17 bits per heavy atom. The van der Waals surface area contributed by atoms with Crippen LogP contribution in [0.5, 0.6) is 0 Å². The molecule has 24 heavy (non-hydrogen) atoms. The minimum atomic E-state index is -0.0654. The van der Waals surface area contributed by atoms with Crippen LogP contribution in [0.25, 0.3) is 0 Å². The molecule has 0 aliphatic carbocycles. The lowest BCUT2D eigenvalue weighted by Gasteiger charge is -2.20. The summed E-state index contributed by atoms with van der Waals surface area (Å²) in [6.45, 7) is 2.87. The number of aromatic nitrogens is 2. The maximum Gasteiger partial charge on any atom is 0.272 e. The quantitative estimate of drug-likeness (QED) is 0.912. The first kappa shape index (κ1) is 16.2. The van der Waals surface area contributed by atoms with Crippen molar-refractivity contribution in [2.75, 3.05) is 43.9 Å². The Balaban J connectivity index is 1.59. The molecule has 2 aromatic heterocycles. The molecule has 1 amide bonds. The van der Waals surface area contributed by atoms with Gasteiger partial charge in [-0.2, -0.15) is 0 Å². The Morgan fingerprint density at radius 3 is 2.92 bits per heavy atom. The molecule has 1 aliphatic rings. The van der Waals surface area contributed by atoms with Crippen molar-refractivity contribution in [1.82, 2.24) is 14.9 Å². The number of hydrogen-bond donors (Lipinski definition) is 1. The Hall–Kier alpha value is -2.63. The van der Waals surface area contributed by atoms with Gasteiger partial charge in [-0.15, -0.1) is 0 Å². The monoisotopic (exact) mass is 325 g/mol. The summed E-state index contributed by atoms with van der Waals surface area (Å²) < 4.78 is 0. The fourth-order valence-electron chi connectivity index (χ4n) is 2.91. The lowest BCUT2D eigenvalue weighted by atomic mass is 10.1. The van der Waals surface area contributed by atoms with Crippen LogP contribution >= 0.6 is 0 Å². The van der Waals surface area contributed by atoms with E-state index in [2.05, 4.69) is 20.2 Å². The topological polar surface area (TPSA) is 61.4 Å². The van der Waals surface area contributed by atoms with Crippen LogP contribution in [-0.2, 0) is 0 Å². The second kappa shape index (κ2) is 7.29. The number of hydrogen-bond acceptors (Lipinski definition) is 5. The Labute approximate surface area is 142 Å². The fraction of sp³-hybridized carbons (Fsp3) is 0.389. The van der Waals surface area contributed by atoms with Crippen molar-refractivity contribution in [3.8, 4) is 0 Å². The van der Waals surface area contributed by atoms with E-state index in [0.717, 1.165) is 37.6 Å². The van der Waals surface area contributed by atoms with E-state index in [4.69, 9.17) is 0 Å². The van der Waals surface area contributed by atoms with Crippen molar-refractivity contribution in [3.05, 3.63) is 48.4 Å². The van der Waals surface area contributed by atoms with E-state index in [1.165, 1.54) is 0 Å². The number of pyridine rings is 2. The predicted octanol–water partition coefficient (Wildman–Crippen LogP) is 2.12. The second-order valence-corrected chi connectivity index (χ2v) is 6.30. The van der Waals surface area contributed by atoms with Gasteiger partial charge in [0, 0.05) is 51.8 Å². The van der Waals surface area contributed by atoms with Gasteiger partial charge in [-0.1, -0.05) is 6.07 Å². The van der Waals surface area contributed by atoms with Crippen molar-refractivity contribution >= 4 is 17.4 Å². The van der Waals surface area contributed by atoms with Gasteiger partial charge >= 0.3 is 0 Å². The predicted molar refractivity (Wildman–Crippen MR) is 95.3 cm³/mol. The zero-order chi connectivity index (χ0) is 16.9. The highest BCUT2D eigenvalue weighted by molar-refractivity contribution is 5.92. The zero-order valence-electron chi connectivity index (χ0n) is 14.1. The molecule has 1 aliphatic heterocycles. The third kappa shape index (κ3) is 3.82. The summed E-state index contributed by atoms with van der Waals surface area (Å²) in [5, 5.41) is 3.39. The molecule has 3 heterocycles. The molecule has 1 unspecified atom stereocenters. The van der Waals surface area contributed by atoms with Gasteiger partial charge in [0.05, 0.1) is 0 Å². The molecular weight excluding hydrogens is 302 g/mol. The number of anilines is 2. The van der Waals surface area contributed by atoms with Gasteiger partial charge in [0.1, 0.15) is 11.5 Å². The molecule has 1 saturated heterocycles. The van der Waals surface area contributed by atoms with Gasteiger partial charge in [-0.25, -0.2) is 4.98 Å². The maximum atomic E-state index is 12.1. The van der Waals surface area contributed by atoms with Gasteiger partial charge < -0.3 is 15.1 Å². The van der Waals surface area contributed by atoms with Gasteiger partial charge in [0.25, 0.3) is 5.91 Å². The van der Waals surface area contributed by atoms with Gasteiger partial charge in [-0.05, 0) is 36.6 Å². The van der Waals surface area contributed by atoms with Crippen LogP contribution < -0.4 is 10.2 Å². The van der Waals surface area contributed by atoms with Crippen LogP contribution in [0.15, 0.2) is 42.7 Å². The number of amides is 1. The average molecular weight is 325 g/mol. The van der Waals surface area contributed by atoms with Crippen LogP contribution in [0.1, 0.15) is 16.9 Å². The minimum Gasteiger partial charge on any atom is -0.371 e. The molecule has 2 aromatic rings. The van der Waals surface area contributed by atoms with Crippen molar-refractivity contribution < 1.29 is 4.79 Å². The molecule has 0 saturated carbocycles. The zero-order valence-corrected chi connectivity index (χ0v) is 14.1. The molecule has 0 aromatic carbocycles. The van der Waals surface area contributed by atoms with Gasteiger partial charge in [0.15, 0.2) is 0 Å². The smallest absolute Gasteiger partial charge is 0.272 e. The average Bonchev–Trinajstić information content (AvgIpc) is 3.09. The van der Waals surface area contributed by atoms with E-state index >= 15 is 0 Å². The van der Waals surface area contributed by atoms with Crippen LogP contribution in [0.4, 0.5) is 11.5 Å². The number of nitrogens with one attached hydrogen (secondary N) is 1. The lowest BCUT2D eigenvalue weighted by Crippen LogP contribution is -2.25. The van der Waals surface area contributed by atoms with E-state index in [1.807, 2.05) is 30.3 Å². The summed E-state index contributed by atoms with van der Waals surface area (Å²) in [6.07, 6.45) is 4.63. The number of carbonyl (C=O) groups is 1. The molecule has 6 nitrogen and oxygen atoms in total. The molecule has 3 rings (SSSR count). The van der Waals surface area contributed by atoms with Crippen LogP contribution in [-0.4, -0.2) is 54.5 Å². The van der Waals surface area contributed by atoms with E-state index in [0.29, 0.717) is 11.6 Å². The van der Waals surface area contributed by atoms with Gasteiger partial charge in [0.2, 0.25) is 0 Å². The van der Waals surface area contributed by atoms with Crippen LogP contribution in [0.3, 0.4) is 0 Å². The van der Waals surface area contributed by atoms with Gasteiger partial charge in [-0.3, -0.25) is 9.78 Å². The Morgan fingerprint density at radius 1 is 1.29 bits per heavy atom. The highest BCUT2D eigenvalue weighted by Crippen LogP contribution is 2.24. The standard InChI is InChI=1S/C18H23N5O/c1-22(2)18(24)16-11-15(6-9-19-16)23-10-7-14(13-23)12-21-17-5-3-4-8-20-17/h3-6,8-9,11,14H,7,10,12-13H2,1-2H3,(H,20,21). The summed E-state index contributed by atoms with van der Waals surface area (Å²) in [5.41, 5.74) is 1.56. The molecule has 0 bridgehead atoms. The van der Waals surface area contributed by atoms with E-state index < -0.39 is 0 Å². The SMILES string of the molecule is CN(C)C(=O)c1cc(N2CCC(CNc3ccccn3)C2)ccn1. The van der Waals surface area contributed by atoms with Crippen molar-refractivity contribution in [2.45, 2.75) is 6.42 Å². The Bertz CT molecular complexity index is 689. The summed E-state index contributed by atoms with van der Waals surface area (Å²) in [4.78, 5) is 24.4. The molecule has 0 spiro atoms. The first-order chi connectivity index (χ1) is 11.6. The first-order valence-electron chi connectivity index (χ1n) is 8.21. The van der Waals surface area contributed by atoms with E-state index in [9.17, 15) is 4.79 Å². The summed E-state index contributed by atoms with van der Waals surface area (Å²) in [5.74, 6) is 1.41. The third-order valence-corrected chi connectivity index (χ3v) is 4.26. The highest BCUT2D eigenvalue weighted by Gasteiger charge is 2.23. The van der Waals surface area contributed by atoms with E-state index in [1.54, 1.807) is 31.4 Å². The number of carbonyl (C=O) groups excluding carboxylic acids is 1. The normalized spacial score (nSPS) is 16.9. The van der Waals surface area contributed by atoms with E-state index in [-0.39, 0.29) is 5.91 Å². The van der Waals surface area contributed by atoms with Crippen molar-refractivity contribution in [3.63, 3.8) is 0 Å². The molecule has 6 heteroatoms. The summed E-state index contributed by atoms with van der Waals surface area (Å²) in [6, 6.07) is 9.74. The second-order valence-electron chi connectivity index (χ2n) is 6.30. The Kier molecular flexibility index (Phi) is 4.93. The van der Waals surface area contributed by atoms with Crippen LogP contribution in [0.2, 0.25) is 0 Å². The fourth-order valence-corrected chi connectivity index (χ4v) is 2.91. The molecule has 1 N–H and O–H groups in total. The minimum absolute atomic E-state index is 0.0654. The molecular formula is C18H23N5O. The first-order valence-corrected chi connectivity index (χ1v) is 8.21. The summed E-state index contributed by atoms with van der Waals surface area (Å²) >= 11 is 0. The summed E-state index contributed by atoms with van der Waals surface area (Å²) in [7, 11) is 3.48. The number of nitrogens with zero attached hydrogens (tertiary/aromatic N) is 4. The van der Waals surface area contributed by atoms with Crippen molar-refractivity contribution in [2.24, 2.45) is 5.92 Å². The van der Waals surface area contributed by atoms with Crippen LogP contribution in [0, 0.1) is 5.92 Å². The maximum absolute atomic E-state index is 12.1. The third-order valence-electron chi connectivity index (χ3n) is 4.26. The molecule has 0 radical (unpaired) electrons. The number of rotatable bonds is 5.